The number of aryl methyl sites for hydroxylation is 3. The second kappa shape index (κ2) is 14.5. The Labute approximate surface area is 199 Å². The molecule has 150 valence electrons. The molecular weight excluding hydrogens is 447 g/mol. The average molecular weight is 480 g/mol. The van der Waals surface area contributed by atoms with E-state index in [1.165, 1.54) is 50.1 Å². The van der Waals surface area contributed by atoms with Crippen molar-refractivity contribution in [3.63, 3.8) is 0 Å². The predicted molar refractivity (Wildman–Crippen MR) is 106 cm³/mol. The fraction of sp³-hybridized carbons (Fsp3) is 0.545. The smallest absolute Gasteiger partial charge is 1.00 e. The minimum Gasteiger partial charge on any atom is -1.00 e. The van der Waals surface area contributed by atoms with Gasteiger partial charge >= 0.3 is 163 Å². The van der Waals surface area contributed by atoms with E-state index in [4.69, 9.17) is 0 Å². The number of unbranched alkanes of at least 4 members (excludes halogenated alkanes) is 2. The number of hydrogen-bond acceptors (Lipinski definition) is 0. The fourth-order valence-corrected chi connectivity index (χ4v) is 9.65. The van der Waals surface area contributed by atoms with Crippen LogP contribution < -0.4 is 42.4 Å². The maximum Gasteiger partial charge on any atom is -1.00 e. The van der Waals surface area contributed by atoms with Gasteiger partial charge in [-0.2, -0.15) is 0 Å². The summed E-state index contributed by atoms with van der Waals surface area (Å²) in [6.07, 6.45) is 10.4. The Morgan fingerprint density at radius 2 is 1.52 bits per heavy atom. The van der Waals surface area contributed by atoms with E-state index < -0.39 is 8.80 Å². The van der Waals surface area contributed by atoms with Crippen LogP contribution >= 0.6 is 0 Å². The van der Waals surface area contributed by atoms with E-state index in [1.807, 2.05) is 5.20 Å². The maximum atomic E-state index is 2.53. The molecule has 0 fully saturated rings. The van der Waals surface area contributed by atoms with E-state index in [0.717, 1.165) is 0 Å². The molecule has 5 heteroatoms. The summed E-state index contributed by atoms with van der Waals surface area (Å²) in [4.78, 5) is 0. The molecule has 27 heavy (non-hydrogen) atoms. The number of hydrogen-bond donors (Lipinski definition) is 0. The molecule has 0 spiro atoms. The van der Waals surface area contributed by atoms with Crippen LogP contribution in [-0.4, -0.2) is 8.80 Å². The van der Waals surface area contributed by atoms with Gasteiger partial charge in [0.1, 0.15) is 0 Å². The molecule has 0 saturated carbocycles. The molecule has 0 radical (unpaired) electrons. The van der Waals surface area contributed by atoms with Crippen LogP contribution in [0.25, 0.3) is 0 Å². The Hall–Kier alpha value is 0.501. The van der Waals surface area contributed by atoms with Crippen molar-refractivity contribution in [2.45, 2.75) is 79.2 Å². The minimum absolute atomic E-state index is 0. The topological polar surface area (TPSA) is 0 Å². The summed E-state index contributed by atoms with van der Waals surface area (Å²) in [5.41, 5.74) is 6.20. The van der Waals surface area contributed by atoms with Crippen LogP contribution in [0.5, 0.6) is 0 Å². The van der Waals surface area contributed by atoms with Crippen LogP contribution in [-0.2, 0) is 20.4 Å². The largest absolute Gasteiger partial charge is 1.00 e. The molecular formula is C22H33Cl3SiTi. The summed E-state index contributed by atoms with van der Waals surface area (Å²) in [7, 11) is -1.11. The van der Waals surface area contributed by atoms with E-state index in [0.29, 0.717) is 0 Å². The first-order valence-corrected chi connectivity index (χ1v) is 12.5. The Kier molecular flexibility index (Phi) is 15.9. The molecule has 1 aliphatic carbocycles. The molecule has 0 aliphatic heterocycles. The fourth-order valence-electron chi connectivity index (χ4n) is 4.35. The van der Waals surface area contributed by atoms with E-state index in [1.54, 1.807) is 25.8 Å². The second-order valence-corrected chi connectivity index (χ2v) is 11.2. The average Bonchev–Trinajstić information content (AvgIpc) is 2.86. The van der Waals surface area contributed by atoms with Gasteiger partial charge < -0.3 is 37.2 Å². The summed E-state index contributed by atoms with van der Waals surface area (Å²) >= 11 is 2.40. The van der Waals surface area contributed by atoms with Gasteiger partial charge in [-0.25, -0.2) is 0 Å². The van der Waals surface area contributed by atoms with Gasteiger partial charge in [0.15, 0.2) is 0 Å². The summed E-state index contributed by atoms with van der Waals surface area (Å²) in [5.74, 6) is 0. The molecule has 0 N–H and O–H groups in total. The Morgan fingerprint density at radius 1 is 0.926 bits per heavy atom. The molecule has 1 atom stereocenters. The van der Waals surface area contributed by atoms with Crippen molar-refractivity contribution in [2.24, 2.45) is 0 Å². The van der Waals surface area contributed by atoms with Crippen molar-refractivity contribution in [2.75, 3.05) is 0 Å². The Bertz CT molecular complexity index is 630. The van der Waals surface area contributed by atoms with Crippen molar-refractivity contribution >= 4 is 14.0 Å². The summed E-state index contributed by atoms with van der Waals surface area (Å²) < 4.78 is 1.67. The van der Waals surface area contributed by atoms with E-state index in [2.05, 4.69) is 73.3 Å². The molecule has 0 saturated heterocycles. The first-order chi connectivity index (χ1) is 11.5. The normalized spacial score (nSPS) is 14.1. The Balaban J connectivity index is 0. The van der Waals surface area contributed by atoms with Crippen LogP contribution in [0.4, 0.5) is 0 Å². The monoisotopic (exact) mass is 478 g/mol. The maximum absolute atomic E-state index is 2.53. The summed E-state index contributed by atoms with van der Waals surface area (Å²) in [5, 5.41) is 3.57. The van der Waals surface area contributed by atoms with Gasteiger partial charge in [0.2, 0.25) is 0 Å². The van der Waals surface area contributed by atoms with Crippen LogP contribution in [0.2, 0.25) is 6.04 Å². The third-order valence-electron chi connectivity index (χ3n) is 5.27. The zero-order chi connectivity index (χ0) is 17.7. The van der Waals surface area contributed by atoms with Crippen LogP contribution in [0.3, 0.4) is 0 Å². The van der Waals surface area contributed by atoms with Gasteiger partial charge in [-0.05, 0) is 0 Å². The van der Waals surface area contributed by atoms with Gasteiger partial charge in [0.05, 0.1) is 0 Å². The zero-order valence-electron chi connectivity index (χ0n) is 17.4. The van der Waals surface area contributed by atoms with Crippen molar-refractivity contribution in [3.05, 3.63) is 49.5 Å². The molecule has 0 amide bonds. The molecule has 1 aliphatic rings. The third-order valence-corrected chi connectivity index (χ3v) is 10.5. The number of halogens is 3. The summed E-state index contributed by atoms with van der Waals surface area (Å²) in [6.45, 7) is 11.6. The van der Waals surface area contributed by atoms with Gasteiger partial charge in [0, 0.05) is 0 Å². The number of allylic oxidation sites excluding steroid dienone is 4. The van der Waals surface area contributed by atoms with E-state index in [9.17, 15) is 0 Å². The predicted octanol–water partition coefficient (Wildman–Crippen LogP) is -3.28. The Morgan fingerprint density at radius 3 is 2.04 bits per heavy atom. The molecule has 1 unspecified atom stereocenters. The first kappa shape index (κ1) is 29.7. The van der Waals surface area contributed by atoms with Gasteiger partial charge in [-0.1, -0.05) is 0 Å². The van der Waals surface area contributed by atoms with Crippen molar-refractivity contribution in [1.82, 2.24) is 0 Å². The standard InChI is InChI=1S/C22H33Si.3ClH.Ti/c1-6-8-9-14-23(21-13-10-12-20(21)11-7-2)22-18(4)15-17(3)16-19(22)5;;;;/h12,15-16,23H,6-11,14H2,1-5H3;3*1H;/q;;;;+3/p-3. The van der Waals surface area contributed by atoms with E-state index >= 15 is 0 Å². The zero-order valence-corrected chi connectivity index (χ0v) is 22.4. The quantitative estimate of drug-likeness (QED) is 0.271. The first-order valence-electron chi connectivity index (χ1n) is 9.71. The van der Waals surface area contributed by atoms with Gasteiger partial charge in [-0.15, -0.1) is 0 Å². The van der Waals surface area contributed by atoms with Gasteiger partial charge in [-0.3, -0.25) is 0 Å². The van der Waals surface area contributed by atoms with Crippen LogP contribution in [0.1, 0.15) is 69.1 Å². The van der Waals surface area contributed by atoms with Crippen molar-refractivity contribution in [1.29, 1.82) is 0 Å². The molecule has 0 nitrogen and oxygen atoms in total. The summed E-state index contributed by atoms with van der Waals surface area (Å²) in [6, 6.07) is 6.26. The SMILES string of the molecule is CCCCC[SiH](C1=[C]([Ti+3])CC=C1CCC)c1c(C)cc(C)cc1C.[Cl-].[Cl-].[Cl-]. The number of benzene rings is 1. The van der Waals surface area contributed by atoms with Crippen LogP contribution in [0, 0.1) is 20.8 Å². The second-order valence-electron chi connectivity index (χ2n) is 7.44. The molecule has 0 heterocycles. The van der Waals surface area contributed by atoms with Crippen molar-refractivity contribution < 1.29 is 57.7 Å². The molecule has 1 aromatic rings. The van der Waals surface area contributed by atoms with Crippen LogP contribution in [0.15, 0.2) is 32.9 Å². The van der Waals surface area contributed by atoms with E-state index in [-0.39, 0.29) is 37.2 Å². The minimum atomic E-state index is -1.11. The third kappa shape index (κ3) is 7.68. The molecule has 1 aromatic carbocycles. The van der Waals surface area contributed by atoms with Crippen molar-refractivity contribution in [3.8, 4) is 0 Å². The molecule has 2 rings (SSSR count). The van der Waals surface area contributed by atoms with Gasteiger partial charge in [0.25, 0.3) is 0 Å². The molecule has 0 aromatic heterocycles. The number of rotatable bonds is 8. The molecule has 0 bridgehead atoms.